The average molecular weight is 220 g/mol. The first-order valence-electron chi connectivity index (χ1n) is 5.43. The summed E-state index contributed by atoms with van der Waals surface area (Å²) in [6.07, 6.45) is 1.59. The van der Waals surface area contributed by atoms with Crippen molar-refractivity contribution in [1.29, 1.82) is 0 Å². The molecule has 0 atom stereocenters. The molecule has 0 bridgehead atoms. The molecular formula is C13H8N4. The smallest absolute Gasteiger partial charge is 0.126 e. The zero-order valence-corrected chi connectivity index (χ0v) is 9.18. The van der Waals surface area contributed by atoms with Crippen molar-refractivity contribution in [3.8, 4) is 0 Å². The lowest BCUT2D eigenvalue weighted by Crippen LogP contribution is -1.94. The van der Waals surface area contributed by atoms with E-state index in [1.54, 1.807) is 6.33 Å². The van der Waals surface area contributed by atoms with Gasteiger partial charge in [0.05, 0.1) is 22.1 Å². The maximum absolute atomic E-state index is 4.46. The third kappa shape index (κ3) is 1.07. The predicted molar refractivity (Wildman–Crippen MR) is 66.1 cm³/mol. The molecule has 0 N–H and O–H groups in total. The molecule has 0 fully saturated rings. The van der Waals surface area contributed by atoms with Gasteiger partial charge in [-0.15, -0.1) is 0 Å². The van der Waals surface area contributed by atoms with Crippen molar-refractivity contribution < 1.29 is 0 Å². The van der Waals surface area contributed by atoms with Gasteiger partial charge in [-0.25, -0.2) is 19.9 Å². The van der Waals surface area contributed by atoms with Crippen molar-refractivity contribution in [2.24, 2.45) is 0 Å². The summed E-state index contributed by atoms with van der Waals surface area (Å²) in [7, 11) is 0. The Morgan fingerprint density at radius 2 is 1.18 bits per heavy atom. The van der Waals surface area contributed by atoms with Gasteiger partial charge in [0.15, 0.2) is 0 Å². The van der Waals surface area contributed by atoms with Crippen LogP contribution in [0.5, 0.6) is 0 Å². The standard InChI is InChI=1S/C13H8N4/c1-7-16-10-4-2-8-12-9(15-6-14-8)3-5-11(17-7)13(10)12/h2-6H,1H3. The molecule has 17 heavy (non-hydrogen) atoms. The summed E-state index contributed by atoms with van der Waals surface area (Å²) in [6, 6.07) is 7.95. The summed E-state index contributed by atoms with van der Waals surface area (Å²) in [4.78, 5) is 17.5. The average Bonchev–Trinajstić information content (AvgIpc) is 2.35. The van der Waals surface area contributed by atoms with E-state index in [1.807, 2.05) is 31.2 Å². The molecule has 2 aromatic heterocycles. The van der Waals surface area contributed by atoms with Crippen LogP contribution in [-0.4, -0.2) is 19.9 Å². The third-order valence-corrected chi connectivity index (χ3v) is 3.03. The van der Waals surface area contributed by atoms with Crippen LogP contribution in [0.25, 0.3) is 32.8 Å². The number of nitrogens with zero attached hydrogens (tertiary/aromatic N) is 4. The maximum Gasteiger partial charge on any atom is 0.126 e. The highest BCUT2D eigenvalue weighted by atomic mass is 14.9. The molecule has 0 spiro atoms. The molecule has 4 nitrogen and oxygen atoms in total. The minimum absolute atomic E-state index is 0.789. The van der Waals surface area contributed by atoms with E-state index < -0.39 is 0 Å². The number of aromatic nitrogens is 4. The van der Waals surface area contributed by atoms with E-state index in [4.69, 9.17) is 0 Å². The van der Waals surface area contributed by atoms with Crippen molar-refractivity contribution in [2.75, 3.05) is 0 Å². The van der Waals surface area contributed by atoms with Crippen LogP contribution in [0.3, 0.4) is 0 Å². The van der Waals surface area contributed by atoms with Crippen LogP contribution < -0.4 is 0 Å². The molecule has 0 saturated heterocycles. The van der Waals surface area contributed by atoms with Crippen LogP contribution in [0.1, 0.15) is 5.82 Å². The number of aryl methyl sites for hydroxylation is 1. The maximum atomic E-state index is 4.46. The second-order valence-electron chi connectivity index (χ2n) is 4.10. The first-order valence-corrected chi connectivity index (χ1v) is 5.43. The summed E-state index contributed by atoms with van der Waals surface area (Å²) in [5.41, 5.74) is 3.81. The Hall–Kier alpha value is -2.36. The van der Waals surface area contributed by atoms with Gasteiger partial charge < -0.3 is 0 Å². The number of hydrogen-bond donors (Lipinski definition) is 0. The monoisotopic (exact) mass is 220 g/mol. The molecule has 2 heterocycles. The zero-order valence-electron chi connectivity index (χ0n) is 9.18. The van der Waals surface area contributed by atoms with Gasteiger partial charge in [-0.2, -0.15) is 0 Å². The molecule has 0 amide bonds. The molecule has 4 heteroatoms. The van der Waals surface area contributed by atoms with Crippen LogP contribution in [0.15, 0.2) is 30.6 Å². The predicted octanol–water partition coefficient (Wildman–Crippen LogP) is 2.47. The van der Waals surface area contributed by atoms with Crippen LogP contribution in [0.4, 0.5) is 0 Å². The quantitative estimate of drug-likeness (QED) is 0.427. The summed E-state index contributed by atoms with van der Waals surface area (Å²) < 4.78 is 0. The molecular weight excluding hydrogens is 212 g/mol. The molecule has 0 aliphatic carbocycles. The number of benzene rings is 2. The molecule has 0 aliphatic heterocycles. The Balaban J connectivity index is 2.45. The molecule has 4 aromatic rings. The minimum Gasteiger partial charge on any atom is -0.236 e. The summed E-state index contributed by atoms with van der Waals surface area (Å²) in [5.74, 6) is 0.789. The van der Waals surface area contributed by atoms with Crippen LogP contribution in [0, 0.1) is 6.92 Å². The molecule has 0 radical (unpaired) electrons. The van der Waals surface area contributed by atoms with Crippen molar-refractivity contribution in [1.82, 2.24) is 19.9 Å². The Labute approximate surface area is 96.7 Å². The Morgan fingerprint density at radius 3 is 1.76 bits per heavy atom. The molecule has 0 saturated carbocycles. The van der Waals surface area contributed by atoms with Gasteiger partial charge in [0.25, 0.3) is 0 Å². The van der Waals surface area contributed by atoms with E-state index in [1.165, 1.54) is 0 Å². The fourth-order valence-electron chi connectivity index (χ4n) is 2.35. The van der Waals surface area contributed by atoms with Crippen LogP contribution in [-0.2, 0) is 0 Å². The Bertz CT molecular complexity index is 790. The Morgan fingerprint density at radius 1 is 0.706 bits per heavy atom. The molecule has 0 aliphatic rings. The lowest BCUT2D eigenvalue weighted by atomic mass is 10.1. The van der Waals surface area contributed by atoms with E-state index in [-0.39, 0.29) is 0 Å². The molecule has 2 aromatic carbocycles. The highest BCUT2D eigenvalue weighted by Crippen LogP contribution is 2.30. The van der Waals surface area contributed by atoms with Gasteiger partial charge in [0.1, 0.15) is 12.2 Å². The van der Waals surface area contributed by atoms with Crippen LogP contribution >= 0.6 is 0 Å². The summed E-state index contributed by atoms with van der Waals surface area (Å²) >= 11 is 0. The highest BCUT2D eigenvalue weighted by molar-refractivity contribution is 6.19. The lowest BCUT2D eigenvalue weighted by molar-refractivity contribution is 1.12. The van der Waals surface area contributed by atoms with Crippen molar-refractivity contribution in [2.45, 2.75) is 6.92 Å². The fraction of sp³-hybridized carbons (Fsp3) is 0.0769. The van der Waals surface area contributed by atoms with Gasteiger partial charge in [0, 0.05) is 10.8 Å². The van der Waals surface area contributed by atoms with E-state index >= 15 is 0 Å². The topological polar surface area (TPSA) is 51.6 Å². The minimum atomic E-state index is 0.789. The highest BCUT2D eigenvalue weighted by Gasteiger charge is 2.11. The van der Waals surface area contributed by atoms with Crippen molar-refractivity contribution >= 4 is 32.8 Å². The summed E-state index contributed by atoms with van der Waals surface area (Å²) in [5, 5.41) is 2.12. The number of rotatable bonds is 0. The van der Waals surface area contributed by atoms with Gasteiger partial charge in [-0.1, -0.05) is 0 Å². The van der Waals surface area contributed by atoms with Crippen LogP contribution in [0.2, 0.25) is 0 Å². The van der Waals surface area contributed by atoms with Gasteiger partial charge >= 0.3 is 0 Å². The van der Waals surface area contributed by atoms with E-state index in [9.17, 15) is 0 Å². The first-order chi connectivity index (χ1) is 8.33. The van der Waals surface area contributed by atoms with Crippen molar-refractivity contribution in [3.63, 3.8) is 0 Å². The SMILES string of the molecule is Cc1nc2ccc3ncnc4ccc(n1)c2c34. The fourth-order valence-corrected chi connectivity index (χ4v) is 2.35. The largest absolute Gasteiger partial charge is 0.236 e. The first kappa shape index (κ1) is 8.75. The van der Waals surface area contributed by atoms with E-state index in [0.29, 0.717) is 0 Å². The molecule has 0 unspecified atom stereocenters. The van der Waals surface area contributed by atoms with Gasteiger partial charge in [-0.05, 0) is 31.2 Å². The molecule has 80 valence electrons. The normalized spacial score (nSPS) is 11.8. The second kappa shape index (κ2) is 2.85. The summed E-state index contributed by atoms with van der Waals surface area (Å²) in [6.45, 7) is 1.91. The third-order valence-electron chi connectivity index (χ3n) is 3.03. The molecule has 4 rings (SSSR count). The zero-order chi connectivity index (χ0) is 11.4. The number of hydrogen-bond acceptors (Lipinski definition) is 4. The van der Waals surface area contributed by atoms with Gasteiger partial charge in [0.2, 0.25) is 0 Å². The van der Waals surface area contributed by atoms with E-state index in [0.717, 1.165) is 38.7 Å². The Kier molecular flexibility index (Phi) is 1.47. The van der Waals surface area contributed by atoms with Crippen molar-refractivity contribution in [3.05, 3.63) is 36.4 Å². The van der Waals surface area contributed by atoms with E-state index in [2.05, 4.69) is 19.9 Å². The second-order valence-corrected chi connectivity index (χ2v) is 4.10. The lowest BCUT2D eigenvalue weighted by Gasteiger charge is -2.08. The van der Waals surface area contributed by atoms with Gasteiger partial charge in [-0.3, -0.25) is 0 Å².